The lowest BCUT2D eigenvalue weighted by atomic mass is 10.1. The first-order chi connectivity index (χ1) is 8.08. The number of nitrogens with one attached hydrogen (secondary N) is 1. The first-order valence-corrected chi connectivity index (χ1v) is 6.24. The van der Waals surface area contributed by atoms with Crippen molar-refractivity contribution in [3.05, 3.63) is 40.4 Å². The molecule has 0 aliphatic heterocycles. The summed E-state index contributed by atoms with van der Waals surface area (Å²) in [7, 11) is 1.93. The van der Waals surface area contributed by atoms with Gasteiger partial charge in [-0.3, -0.25) is 4.68 Å². The summed E-state index contributed by atoms with van der Waals surface area (Å²) in [5.74, 6) is 0. The van der Waals surface area contributed by atoms with Crippen LogP contribution < -0.4 is 5.32 Å². The molecule has 2 heterocycles. The Labute approximate surface area is 109 Å². The highest BCUT2D eigenvalue weighted by Gasteiger charge is 2.12. The number of aromatic nitrogens is 3. The second-order valence-electron chi connectivity index (χ2n) is 4.05. The summed E-state index contributed by atoms with van der Waals surface area (Å²) in [5, 5.41) is 7.76. The standard InChI is InChI=1S/C12H15BrN4/c1-8(10-7-17(3)16-9(10)2)15-11-5-4-6-14-12(11)13/h4-8,15H,1-3H3. The Morgan fingerprint density at radius 2 is 2.24 bits per heavy atom. The summed E-state index contributed by atoms with van der Waals surface area (Å²) in [4.78, 5) is 4.19. The average Bonchev–Trinajstić information content (AvgIpc) is 2.61. The van der Waals surface area contributed by atoms with E-state index >= 15 is 0 Å². The second kappa shape index (κ2) is 4.87. The molecule has 2 aromatic rings. The minimum Gasteiger partial charge on any atom is -0.376 e. The van der Waals surface area contributed by atoms with E-state index in [1.54, 1.807) is 6.20 Å². The lowest BCUT2D eigenvalue weighted by molar-refractivity contribution is 0.756. The Hall–Kier alpha value is -1.36. The van der Waals surface area contributed by atoms with Crippen molar-refractivity contribution < 1.29 is 0 Å². The first-order valence-electron chi connectivity index (χ1n) is 5.45. The molecule has 17 heavy (non-hydrogen) atoms. The topological polar surface area (TPSA) is 42.7 Å². The molecule has 2 rings (SSSR count). The maximum absolute atomic E-state index is 4.35. The lowest BCUT2D eigenvalue weighted by Crippen LogP contribution is -2.07. The summed E-state index contributed by atoms with van der Waals surface area (Å²) in [5.41, 5.74) is 3.24. The van der Waals surface area contributed by atoms with Crippen LogP contribution in [0.3, 0.4) is 0 Å². The smallest absolute Gasteiger partial charge is 0.129 e. The molecule has 5 heteroatoms. The van der Waals surface area contributed by atoms with E-state index in [1.165, 1.54) is 5.56 Å². The molecule has 0 saturated carbocycles. The summed E-state index contributed by atoms with van der Waals surface area (Å²) in [6.45, 7) is 4.13. The van der Waals surface area contributed by atoms with Gasteiger partial charge < -0.3 is 5.32 Å². The second-order valence-corrected chi connectivity index (χ2v) is 4.80. The molecule has 0 bridgehead atoms. The van der Waals surface area contributed by atoms with Crippen molar-refractivity contribution in [2.45, 2.75) is 19.9 Å². The highest BCUT2D eigenvalue weighted by Crippen LogP contribution is 2.25. The van der Waals surface area contributed by atoms with Crippen molar-refractivity contribution in [2.75, 3.05) is 5.32 Å². The number of pyridine rings is 1. The first kappa shape index (κ1) is 12.1. The number of halogens is 1. The van der Waals surface area contributed by atoms with Crippen molar-refractivity contribution in [3.8, 4) is 0 Å². The van der Waals surface area contributed by atoms with E-state index in [0.717, 1.165) is 16.0 Å². The number of rotatable bonds is 3. The molecule has 0 aliphatic carbocycles. The van der Waals surface area contributed by atoms with Crippen molar-refractivity contribution >= 4 is 21.6 Å². The minimum atomic E-state index is 0.198. The van der Waals surface area contributed by atoms with Gasteiger partial charge in [0.25, 0.3) is 0 Å². The quantitative estimate of drug-likeness (QED) is 0.885. The van der Waals surface area contributed by atoms with Crippen LogP contribution in [0.1, 0.15) is 24.2 Å². The van der Waals surface area contributed by atoms with Crippen LogP contribution in [0.5, 0.6) is 0 Å². The maximum atomic E-state index is 4.35. The molecule has 0 spiro atoms. The SMILES string of the molecule is Cc1nn(C)cc1C(C)Nc1cccnc1Br. The van der Waals surface area contributed by atoms with E-state index in [-0.39, 0.29) is 6.04 Å². The normalized spacial score (nSPS) is 12.5. The average molecular weight is 295 g/mol. The highest BCUT2D eigenvalue weighted by atomic mass is 79.9. The summed E-state index contributed by atoms with van der Waals surface area (Å²) in [6.07, 6.45) is 3.80. The van der Waals surface area contributed by atoms with Crippen LogP contribution in [0.2, 0.25) is 0 Å². The van der Waals surface area contributed by atoms with E-state index in [9.17, 15) is 0 Å². The Bertz CT molecular complexity index is 521. The van der Waals surface area contributed by atoms with Crippen molar-refractivity contribution in [1.29, 1.82) is 0 Å². The third-order valence-corrected chi connectivity index (χ3v) is 3.28. The molecule has 4 nitrogen and oxygen atoms in total. The zero-order valence-corrected chi connectivity index (χ0v) is 11.7. The van der Waals surface area contributed by atoms with Crippen LogP contribution in [0.15, 0.2) is 29.1 Å². The van der Waals surface area contributed by atoms with E-state index in [1.807, 2.05) is 37.0 Å². The molecule has 90 valence electrons. The Balaban J connectivity index is 2.20. The predicted octanol–water partition coefficient (Wildman–Crippen LogP) is 3.06. The fourth-order valence-electron chi connectivity index (χ4n) is 1.85. The summed E-state index contributed by atoms with van der Waals surface area (Å²) in [6, 6.07) is 4.11. The molecular weight excluding hydrogens is 280 g/mol. The van der Waals surface area contributed by atoms with Gasteiger partial charge in [0.1, 0.15) is 4.60 Å². The summed E-state index contributed by atoms with van der Waals surface area (Å²) < 4.78 is 2.66. The Morgan fingerprint density at radius 3 is 2.82 bits per heavy atom. The molecule has 1 unspecified atom stereocenters. The van der Waals surface area contributed by atoms with E-state index in [4.69, 9.17) is 0 Å². The van der Waals surface area contributed by atoms with Gasteiger partial charge in [0, 0.05) is 25.0 Å². The van der Waals surface area contributed by atoms with Gasteiger partial charge in [-0.1, -0.05) is 0 Å². The number of hydrogen-bond donors (Lipinski definition) is 1. The third kappa shape index (κ3) is 2.66. The van der Waals surface area contributed by atoms with Gasteiger partial charge in [-0.05, 0) is 41.9 Å². The molecule has 0 amide bonds. The molecule has 0 aromatic carbocycles. The van der Waals surface area contributed by atoms with E-state index < -0.39 is 0 Å². The molecular formula is C12H15BrN4. The van der Waals surface area contributed by atoms with Crippen LogP contribution in [0.25, 0.3) is 0 Å². The number of aryl methyl sites for hydroxylation is 2. The van der Waals surface area contributed by atoms with Crippen molar-refractivity contribution in [2.24, 2.45) is 7.05 Å². The van der Waals surface area contributed by atoms with Gasteiger partial charge in [0.15, 0.2) is 0 Å². The van der Waals surface area contributed by atoms with Gasteiger partial charge in [0.05, 0.1) is 17.4 Å². The molecule has 0 fully saturated rings. The highest BCUT2D eigenvalue weighted by molar-refractivity contribution is 9.10. The van der Waals surface area contributed by atoms with Gasteiger partial charge >= 0.3 is 0 Å². The Kier molecular flexibility index (Phi) is 3.47. The van der Waals surface area contributed by atoms with Crippen LogP contribution in [0.4, 0.5) is 5.69 Å². The lowest BCUT2D eigenvalue weighted by Gasteiger charge is -2.15. The minimum absolute atomic E-state index is 0.198. The van der Waals surface area contributed by atoms with E-state index in [0.29, 0.717) is 0 Å². The van der Waals surface area contributed by atoms with Crippen molar-refractivity contribution in [1.82, 2.24) is 14.8 Å². The maximum Gasteiger partial charge on any atom is 0.129 e. The number of nitrogens with zero attached hydrogens (tertiary/aromatic N) is 3. The zero-order valence-electron chi connectivity index (χ0n) is 10.1. The fourth-order valence-corrected chi connectivity index (χ4v) is 2.21. The molecule has 1 atom stereocenters. The molecule has 0 aliphatic rings. The van der Waals surface area contributed by atoms with Crippen LogP contribution >= 0.6 is 15.9 Å². The monoisotopic (exact) mass is 294 g/mol. The predicted molar refractivity (Wildman–Crippen MR) is 71.9 cm³/mol. The molecule has 1 N–H and O–H groups in total. The Morgan fingerprint density at radius 1 is 1.47 bits per heavy atom. The largest absolute Gasteiger partial charge is 0.376 e. The van der Waals surface area contributed by atoms with Gasteiger partial charge in [0.2, 0.25) is 0 Å². The van der Waals surface area contributed by atoms with E-state index in [2.05, 4.69) is 38.3 Å². The van der Waals surface area contributed by atoms with Gasteiger partial charge in [-0.25, -0.2) is 4.98 Å². The van der Waals surface area contributed by atoms with Crippen LogP contribution in [-0.2, 0) is 7.05 Å². The van der Waals surface area contributed by atoms with Gasteiger partial charge in [-0.2, -0.15) is 5.10 Å². The molecule has 2 aromatic heterocycles. The number of anilines is 1. The van der Waals surface area contributed by atoms with Crippen LogP contribution in [-0.4, -0.2) is 14.8 Å². The van der Waals surface area contributed by atoms with Gasteiger partial charge in [-0.15, -0.1) is 0 Å². The van der Waals surface area contributed by atoms with Crippen molar-refractivity contribution in [3.63, 3.8) is 0 Å². The molecule has 0 saturated heterocycles. The number of hydrogen-bond acceptors (Lipinski definition) is 3. The summed E-state index contributed by atoms with van der Waals surface area (Å²) >= 11 is 3.43. The third-order valence-electron chi connectivity index (χ3n) is 2.65. The van der Waals surface area contributed by atoms with Crippen LogP contribution in [0, 0.1) is 6.92 Å². The fraction of sp³-hybridized carbons (Fsp3) is 0.333. The molecule has 0 radical (unpaired) electrons. The zero-order chi connectivity index (χ0) is 12.4.